The standard InChI is InChI=1S/C25H16F3N7O/c1-13-14(2)34-22-19(23(30)32-12-21(22)33-13)6-3-15-7-17(11-31-10-15)24(36)35-18-5-4-16(9-29)20(8-18)25(26,27)28/h4-5,7-8,10-12H,1-2H3,(H2,30,32)(H,35,36). The first kappa shape index (κ1) is 24.1. The maximum Gasteiger partial charge on any atom is 0.417 e. The first-order valence-electron chi connectivity index (χ1n) is 10.4. The van der Waals surface area contributed by atoms with Gasteiger partial charge >= 0.3 is 6.18 Å². The Morgan fingerprint density at radius 3 is 2.53 bits per heavy atom. The van der Waals surface area contributed by atoms with Crippen molar-refractivity contribution in [3.8, 4) is 17.9 Å². The molecule has 1 amide bonds. The molecule has 3 heterocycles. The van der Waals surface area contributed by atoms with Gasteiger partial charge in [0.2, 0.25) is 0 Å². The van der Waals surface area contributed by atoms with Gasteiger partial charge in [0.1, 0.15) is 16.9 Å². The SMILES string of the molecule is Cc1nc2cnc(N)c(C#Cc3cncc(C(=O)Nc4ccc(C#N)c(C(F)(F)F)c4)c3)c2nc1C. The predicted octanol–water partition coefficient (Wildman–Crippen LogP) is 4.16. The van der Waals surface area contributed by atoms with Crippen LogP contribution >= 0.6 is 0 Å². The molecule has 0 radical (unpaired) electrons. The second-order valence-corrected chi connectivity index (χ2v) is 7.68. The van der Waals surface area contributed by atoms with Crippen LogP contribution < -0.4 is 11.1 Å². The van der Waals surface area contributed by atoms with E-state index in [4.69, 9.17) is 11.0 Å². The molecule has 0 aliphatic rings. The summed E-state index contributed by atoms with van der Waals surface area (Å²) < 4.78 is 39.6. The lowest BCUT2D eigenvalue weighted by Gasteiger charge is -2.11. The summed E-state index contributed by atoms with van der Waals surface area (Å²) in [5, 5.41) is 11.3. The zero-order valence-electron chi connectivity index (χ0n) is 18.9. The second kappa shape index (κ2) is 9.31. The van der Waals surface area contributed by atoms with Gasteiger partial charge < -0.3 is 11.1 Å². The molecule has 4 rings (SSSR count). The van der Waals surface area contributed by atoms with E-state index in [0.29, 0.717) is 33.9 Å². The van der Waals surface area contributed by atoms with E-state index >= 15 is 0 Å². The Morgan fingerprint density at radius 1 is 1.06 bits per heavy atom. The maximum atomic E-state index is 13.2. The van der Waals surface area contributed by atoms with Crippen molar-refractivity contribution >= 4 is 28.4 Å². The van der Waals surface area contributed by atoms with Gasteiger partial charge in [-0.2, -0.15) is 18.4 Å². The third-order valence-electron chi connectivity index (χ3n) is 5.19. The second-order valence-electron chi connectivity index (χ2n) is 7.68. The molecule has 4 aromatic rings. The lowest BCUT2D eigenvalue weighted by Crippen LogP contribution is -2.14. The Morgan fingerprint density at radius 2 is 1.81 bits per heavy atom. The Labute approximate surface area is 203 Å². The highest BCUT2D eigenvalue weighted by molar-refractivity contribution is 6.04. The summed E-state index contributed by atoms with van der Waals surface area (Å²) in [5.41, 5.74) is 7.47. The number of benzene rings is 1. The van der Waals surface area contributed by atoms with Crippen molar-refractivity contribution in [2.45, 2.75) is 20.0 Å². The zero-order valence-corrected chi connectivity index (χ0v) is 18.9. The normalized spacial score (nSPS) is 10.9. The molecule has 0 spiro atoms. The van der Waals surface area contributed by atoms with Crippen LogP contribution in [0.25, 0.3) is 11.0 Å². The topological polar surface area (TPSA) is 130 Å². The summed E-state index contributed by atoms with van der Waals surface area (Å²) in [6.07, 6.45) is -0.568. The highest BCUT2D eigenvalue weighted by Gasteiger charge is 2.34. The third-order valence-corrected chi connectivity index (χ3v) is 5.19. The summed E-state index contributed by atoms with van der Waals surface area (Å²) in [5.74, 6) is 5.23. The van der Waals surface area contributed by atoms with Gasteiger partial charge in [0.15, 0.2) is 0 Å². The number of alkyl halides is 3. The predicted molar refractivity (Wildman–Crippen MR) is 126 cm³/mol. The van der Waals surface area contributed by atoms with Crippen molar-refractivity contribution in [2.75, 3.05) is 11.1 Å². The number of amides is 1. The Kier molecular flexibility index (Phi) is 6.24. The number of nitrogens with zero attached hydrogens (tertiary/aromatic N) is 5. The van der Waals surface area contributed by atoms with E-state index in [1.54, 1.807) is 0 Å². The van der Waals surface area contributed by atoms with Crippen LogP contribution in [0.3, 0.4) is 0 Å². The average molecular weight is 487 g/mol. The van der Waals surface area contributed by atoms with Gasteiger partial charge in [-0.1, -0.05) is 11.8 Å². The lowest BCUT2D eigenvalue weighted by molar-refractivity contribution is -0.137. The van der Waals surface area contributed by atoms with Crippen molar-refractivity contribution in [1.29, 1.82) is 5.26 Å². The number of rotatable bonds is 2. The van der Waals surface area contributed by atoms with Crippen molar-refractivity contribution in [3.63, 3.8) is 0 Å². The van der Waals surface area contributed by atoms with Crippen LogP contribution in [-0.4, -0.2) is 25.8 Å². The number of hydrogen-bond donors (Lipinski definition) is 2. The van der Waals surface area contributed by atoms with Gasteiger partial charge in [0.05, 0.1) is 45.9 Å². The first-order chi connectivity index (χ1) is 17.1. The van der Waals surface area contributed by atoms with E-state index in [1.807, 2.05) is 13.8 Å². The molecule has 0 fully saturated rings. The quantitative estimate of drug-likeness (QED) is 0.406. The molecule has 0 saturated carbocycles. The fourth-order valence-electron chi connectivity index (χ4n) is 3.26. The smallest absolute Gasteiger partial charge is 0.383 e. The number of aromatic nitrogens is 4. The summed E-state index contributed by atoms with van der Waals surface area (Å²) in [6, 6.07) is 5.83. The van der Waals surface area contributed by atoms with Gasteiger partial charge in [-0.15, -0.1) is 0 Å². The molecule has 0 bridgehead atoms. The lowest BCUT2D eigenvalue weighted by atomic mass is 10.1. The number of anilines is 2. The van der Waals surface area contributed by atoms with Crippen molar-refractivity contribution in [2.24, 2.45) is 0 Å². The van der Waals surface area contributed by atoms with Crippen LogP contribution in [0.1, 0.15) is 44.0 Å². The molecule has 178 valence electrons. The van der Waals surface area contributed by atoms with Crippen LogP contribution in [0.15, 0.2) is 42.9 Å². The number of fused-ring (bicyclic) bond motifs is 1. The minimum Gasteiger partial charge on any atom is -0.383 e. The number of carbonyl (C=O) groups is 1. The van der Waals surface area contributed by atoms with Gasteiger partial charge in [-0.25, -0.2) is 15.0 Å². The van der Waals surface area contributed by atoms with Crippen molar-refractivity contribution < 1.29 is 18.0 Å². The Balaban J connectivity index is 1.63. The van der Waals surface area contributed by atoms with Crippen LogP contribution in [0.5, 0.6) is 0 Å². The highest BCUT2D eigenvalue weighted by atomic mass is 19.4. The van der Waals surface area contributed by atoms with E-state index in [1.165, 1.54) is 36.8 Å². The number of aryl methyl sites for hydroxylation is 2. The molecule has 0 aliphatic carbocycles. The van der Waals surface area contributed by atoms with Crippen LogP contribution in [-0.2, 0) is 6.18 Å². The summed E-state index contributed by atoms with van der Waals surface area (Å²) >= 11 is 0. The van der Waals surface area contributed by atoms with Gasteiger partial charge in [0.25, 0.3) is 5.91 Å². The molecule has 8 nitrogen and oxygen atoms in total. The number of hydrogen-bond acceptors (Lipinski definition) is 7. The van der Waals surface area contributed by atoms with Gasteiger partial charge in [-0.05, 0) is 38.1 Å². The molecule has 3 aromatic heterocycles. The molecule has 0 aliphatic heterocycles. The van der Waals surface area contributed by atoms with E-state index in [0.717, 1.165) is 11.8 Å². The fourth-order valence-corrected chi connectivity index (χ4v) is 3.26. The number of nitrogens with two attached hydrogens (primary N) is 1. The molecule has 0 atom stereocenters. The number of carbonyl (C=O) groups excluding carboxylic acids is 1. The van der Waals surface area contributed by atoms with Crippen LogP contribution in [0, 0.1) is 37.0 Å². The van der Waals surface area contributed by atoms with Gasteiger partial charge in [0, 0.05) is 23.6 Å². The Hall–Kier alpha value is -5.03. The van der Waals surface area contributed by atoms with E-state index < -0.39 is 23.2 Å². The molecule has 3 N–H and O–H groups in total. The minimum absolute atomic E-state index is 0.0648. The van der Waals surface area contributed by atoms with Crippen LogP contribution in [0.2, 0.25) is 0 Å². The largest absolute Gasteiger partial charge is 0.417 e. The summed E-state index contributed by atoms with van der Waals surface area (Å²) in [4.78, 5) is 29.7. The van der Waals surface area contributed by atoms with E-state index in [9.17, 15) is 18.0 Å². The molecule has 1 aromatic carbocycles. The van der Waals surface area contributed by atoms with E-state index in [-0.39, 0.29) is 17.1 Å². The number of nitrogens with one attached hydrogen (secondary N) is 1. The number of nitriles is 1. The summed E-state index contributed by atoms with van der Waals surface area (Å²) in [6.45, 7) is 3.64. The molecule has 0 saturated heterocycles. The summed E-state index contributed by atoms with van der Waals surface area (Å²) in [7, 11) is 0. The molecular formula is C25H16F3N7O. The zero-order chi connectivity index (χ0) is 26.0. The first-order valence-corrected chi connectivity index (χ1v) is 10.4. The van der Waals surface area contributed by atoms with Crippen LogP contribution in [0.4, 0.5) is 24.7 Å². The molecule has 11 heteroatoms. The maximum absolute atomic E-state index is 13.2. The molecular weight excluding hydrogens is 471 g/mol. The number of pyridine rings is 2. The third kappa shape index (κ3) is 4.91. The van der Waals surface area contributed by atoms with Crippen molar-refractivity contribution in [1.82, 2.24) is 19.9 Å². The molecule has 0 unspecified atom stereocenters. The van der Waals surface area contributed by atoms with Gasteiger partial charge in [-0.3, -0.25) is 9.78 Å². The van der Waals surface area contributed by atoms with E-state index in [2.05, 4.69) is 37.1 Å². The minimum atomic E-state index is -4.75. The monoisotopic (exact) mass is 487 g/mol. The Bertz CT molecular complexity index is 1630. The molecule has 36 heavy (non-hydrogen) atoms. The number of nitrogen functional groups attached to an aromatic ring is 1. The fraction of sp³-hybridized carbons (Fsp3) is 0.120. The highest BCUT2D eigenvalue weighted by Crippen LogP contribution is 2.33. The van der Waals surface area contributed by atoms with Crippen molar-refractivity contribution in [3.05, 3.63) is 82.1 Å². The number of halogens is 3. The average Bonchev–Trinajstić information content (AvgIpc) is 2.84.